The van der Waals surface area contributed by atoms with E-state index in [1.807, 2.05) is 0 Å². The molecular weight excluding hydrogens is 210 g/mol. The molecule has 2 heterocycles. The predicted octanol–water partition coefficient (Wildman–Crippen LogP) is 1.17. The van der Waals surface area contributed by atoms with Gasteiger partial charge in [-0.25, -0.2) is 0 Å². The summed E-state index contributed by atoms with van der Waals surface area (Å²) in [6.07, 6.45) is 1.32. The van der Waals surface area contributed by atoms with Crippen molar-refractivity contribution in [3.8, 4) is 0 Å². The van der Waals surface area contributed by atoms with Crippen LogP contribution in [0.1, 0.15) is 6.42 Å². The minimum absolute atomic E-state index is 0.785. The molecule has 3 rings (SSSR count). The first-order valence-corrected chi connectivity index (χ1v) is 6.68. The zero-order valence-electron chi connectivity index (χ0n) is 10.3. The Balaban J connectivity index is 1.57. The average molecular weight is 231 g/mol. The van der Waals surface area contributed by atoms with Crippen molar-refractivity contribution in [2.45, 2.75) is 12.5 Å². The van der Waals surface area contributed by atoms with Gasteiger partial charge in [0.15, 0.2) is 0 Å². The highest BCUT2D eigenvalue weighted by Crippen LogP contribution is 2.18. The second-order valence-corrected chi connectivity index (χ2v) is 5.01. The SMILES string of the molecule is c1ccc(N2CCN([C@H]3CCNC3)CC2)cc1. The number of nitrogens with zero attached hydrogens (tertiary/aromatic N) is 2. The van der Waals surface area contributed by atoms with Crippen molar-refractivity contribution >= 4 is 5.69 Å². The maximum absolute atomic E-state index is 3.46. The van der Waals surface area contributed by atoms with Gasteiger partial charge in [-0.05, 0) is 25.1 Å². The molecule has 2 aliphatic rings. The molecule has 17 heavy (non-hydrogen) atoms. The fourth-order valence-corrected chi connectivity index (χ4v) is 2.94. The van der Waals surface area contributed by atoms with Crippen LogP contribution in [0.2, 0.25) is 0 Å². The third-order valence-corrected chi connectivity index (χ3v) is 3.99. The normalized spacial score (nSPS) is 26.4. The van der Waals surface area contributed by atoms with Gasteiger partial charge in [-0.1, -0.05) is 18.2 Å². The standard InChI is InChI=1S/C14H21N3/c1-2-4-13(5-3-1)16-8-10-17(11-9-16)14-6-7-15-12-14/h1-5,14-15H,6-12H2/t14-/m0/s1. The van der Waals surface area contributed by atoms with Gasteiger partial charge in [-0.2, -0.15) is 0 Å². The van der Waals surface area contributed by atoms with Gasteiger partial charge in [0.1, 0.15) is 0 Å². The Bertz CT molecular complexity index is 338. The Kier molecular flexibility index (Phi) is 3.29. The van der Waals surface area contributed by atoms with E-state index >= 15 is 0 Å². The van der Waals surface area contributed by atoms with Crippen LogP contribution in [0, 0.1) is 0 Å². The molecule has 0 amide bonds. The molecule has 2 aliphatic heterocycles. The van der Waals surface area contributed by atoms with Gasteiger partial charge >= 0.3 is 0 Å². The predicted molar refractivity (Wildman–Crippen MR) is 71.5 cm³/mol. The number of nitrogens with one attached hydrogen (secondary N) is 1. The van der Waals surface area contributed by atoms with E-state index in [9.17, 15) is 0 Å². The highest BCUT2D eigenvalue weighted by molar-refractivity contribution is 5.46. The molecule has 0 radical (unpaired) electrons. The minimum Gasteiger partial charge on any atom is -0.369 e. The van der Waals surface area contributed by atoms with Crippen LogP contribution in [-0.4, -0.2) is 50.2 Å². The molecule has 92 valence electrons. The Labute approximate surface area is 103 Å². The number of para-hydroxylation sites is 1. The lowest BCUT2D eigenvalue weighted by atomic mass is 10.1. The summed E-state index contributed by atoms with van der Waals surface area (Å²) in [7, 11) is 0. The molecule has 0 aromatic heterocycles. The van der Waals surface area contributed by atoms with Crippen molar-refractivity contribution < 1.29 is 0 Å². The molecule has 2 saturated heterocycles. The number of anilines is 1. The van der Waals surface area contributed by atoms with E-state index in [2.05, 4.69) is 45.4 Å². The van der Waals surface area contributed by atoms with E-state index in [4.69, 9.17) is 0 Å². The zero-order chi connectivity index (χ0) is 11.5. The Hall–Kier alpha value is -1.06. The highest BCUT2D eigenvalue weighted by Gasteiger charge is 2.25. The molecule has 0 aliphatic carbocycles. The van der Waals surface area contributed by atoms with Crippen molar-refractivity contribution in [3.05, 3.63) is 30.3 Å². The Morgan fingerprint density at radius 3 is 2.41 bits per heavy atom. The summed E-state index contributed by atoms with van der Waals surface area (Å²) < 4.78 is 0. The van der Waals surface area contributed by atoms with Gasteiger partial charge in [-0.3, -0.25) is 4.90 Å². The topological polar surface area (TPSA) is 18.5 Å². The fraction of sp³-hybridized carbons (Fsp3) is 0.571. The van der Waals surface area contributed by atoms with Gasteiger partial charge in [-0.15, -0.1) is 0 Å². The van der Waals surface area contributed by atoms with Gasteiger partial charge in [0, 0.05) is 44.5 Å². The molecule has 0 saturated carbocycles. The van der Waals surface area contributed by atoms with Crippen LogP contribution in [0.4, 0.5) is 5.69 Å². The van der Waals surface area contributed by atoms with Crippen LogP contribution in [0.15, 0.2) is 30.3 Å². The number of hydrogen-bond donors (Lipinski definition) is 1. The summed E-state index contributed by atoms with van der Waals surface area (Å²) in [4.78, 5) is 5.15. The molecule has 3 nitrogen and oxygen atoms in total. The van der Waals surface area contributed by atoms with Crippen molar-refractivity contribution in [3.63, 3.8) is 0 Å². The molecule has 1 aromatic rings. The molecule has 0 unspecified atom stereocenters. The molecule has 3 heteroatoms. The average Bonchev–Trinajstić information content (AvgIpc) is 2.94. The lowest BCUT2D eigenvalue weighted by Gasteiger charge is -2.38. The molecule has 1 atom stereocenters. The summed E-state index contributed by atoms with van der Waals surface area (Å²) in [6.45, 7) is 7.14. The third-order valence-electron chi connectivity index (χ3n) is 3.99. The highest BCUT2D eigenvalue weighted by atomic mass is 15.3. The van der Waals surface area contributed by atoms with Crippen molar-refractivity contribution in [1.29, 1.82) is 0 Å². The number of piperazine rings is 1. The van der Waals surface area contributed by atoms with E-state index in [0.717, 1.165) is 6.04 Å². The smallest absolute Gasteiger partial charge is 0.0367 e. The summed E-state index contributed by atoms with van der Waals surface area (Å²) in [6, 6.07) is 11.6. The lowest BCUT2D eigenvalue weighted by molar-refractivity contribution is 0.196. The summed E-state index contributed by atoms with van der Waals surface area (Å²) in [5.74, 6) is 0. The number of hydrogen-bond acceptors (Lipinski definition) is 3. The van der Waals surface area contributed by atoms with Crippen LogP contribution in [0.3, 0.4) is 0 Å². The fourth-order valence-electron chi connectivity index (χ4n) is 2.94. The van der Waals surface area contributed by atoms with Gasteiger partial charge in [0.05, 0.1) is 0 Å². The number of benzene rings is 1. The zero-order valence-corrected chi connectivity index (χ0v) is 10.3. The van der Waals surface area contributed by atoms with Crippen LogP contribution < -0.4 is 10.2 Å². The van der Waals surface area contributed by atoms with Gasteiger partial charge in [0.25, 0.3) is 0 Å². The molecule has 0 bridgehead atoms. The Morgan fingerprint density at radius 1 is 1.00 bits per heavy atom. The third kappa shape index (κ3) is 2.45. The van der Waals surface area contributed by atoms with E-state index in [1.54, 1.807) is 0 Å². The van der Waals surface area contributed by atoms with Crippen LogP contribution in [0.5, 0.6) is 0 Å². The Morgan fingerprint density at radius 2 is 1.76 bits per heavy atom. The van der Waals surface area contributed by atoms with Crippen LogP contribution in [-0.2, 0) is 0 Å². The van der Waals surface area contributed by atoms with E-state index < -0.39 is 0 Å². The molecule has 0 spiro atoms. The van der Waals surface area contributed by atoms with E-state index in [0.29, 0.717) is 0 Å². The van der Waals surface area contributed by atoms with Gasteiger partial charge < -0.3 is 10.2 Å². The first-order chi connectivity index (χ1) is 8.43. The first-order valence-electron chi connectivity index (χ1n) is 6.68. The number of rotatable bonds is 2. The minimum atomic E-state index is 0.785. The quantitative estimate of drug-likeness (QED) is 0.824. The monoisotopic (exact) mass is 231 g/mol. The van der Waals surface area contributed by atoms with Gasteiger partial charge in [0.2, 0.25) is 0 Å². The van der Waals surface area contributed by atoms with Crippen molar-refractivity contribution in [1.82, 2.24) is 10.2 Å². The molecule has 1 N–H and O–H groups in total. The second-order valence-electron chi connectivity index (χ2n) is 5.01. The van der Waals surface area contributed by atoms with Crippen LogP contribution >= 0.6 is 0 Å². The van der Waals surface area contributed by atoms with E-state index in [-0.39, 0.29) is 0 Å². The van der Waals surface area contributed by atoms with Crippen LogP contribution in [0.25, 0.3) is 0 Å². The maximum Gasteiger partial charge on any atom is 0.0367 e. The molecule has 2 fully saturated rings. The van der Waals surface area contributed by atoms with Crippen molar-refractivity contribution in [2.24, 2.45) is 0 Å². The maximum atomic E-state index is 3.46. The summed E-state index contributed by atoms with van der Waals surface area (Å²) in [5.41, 5.74) is 1.37. The second kappa shape index (κ2) is 5.07. The molecular formula is C14H21N3. The van der Waals surface area contributed by atoms with E-state index in [1.165, 1.54) is 51.4 Å². The summed E-state index contributed by atoms with van der Waals surface area (Å²) in [5, 5.41) is 3.46. The first kappa shape index (κ1) is 11.1. The largest absolute Gasteiger partial charge is 0.369 e. The lowest BCUT2D eigenvalue weighted by Crippen LogP contribution is -2.51. The molecule has 1 aromatic carbocycles. The van der Waals surface area contributed by atoms with Crippen molar-refractivity contribution in [2.75, 3.05) is 44.2 Å². The summed E-state index contributed by atoms with van der Waals surface area (Å²) >= 11 is 0.